The minimum absolute atomic E-state index is 0.124. The van der Waals surface area contributed by atoms with Crippen LogP contribution in [0.5, 0.6) is 0 Å². The molecule has 7 aromatic carbocycles. The van der Waals surface area contributed by atoms with Crippen molar-refractivity contribution in [3.05, 3.63) is 250 Å². The summed E-state index contributed by atoms with van der Waals surface area (Å²) >= 11 is 0. The van der Waals surface area contributed by atoms with E-state index in [4.69, 9.17) is 0 Å². The summed E-state index contributed by atoms with van der Waals surface area (Å²) in [5, 5.41) is 0. The van der Waals surface area contributed by atoms with E-state index in [9.17, 15) is 0 Å². The molecule has 8 rings (SSSR count). The fraction of sp³-hybridized carbons (Fsp3) is 0.153. The SMILES string of the molecule is Cc1ccc(CC(c2ccc(C)cc2)C2C#CC=C(C=Cc3ccc(-c4ccc(CCc5ccc(N(c6ccc(C)cc6)c6ccc(C)cc6)cc5)cc4)cc3)C=C2)cc1. The zero-order chi connectivity index (χ0) is 41.3. The minimum atomic E-state index is 0.124. The van der Waals surface area contributed by atoms with Crippen LogP contribution in [0.3, 0.4) is 0 Å². The third-order valence-corrected chi connectivity index (χ3v) is 11.6. The Morgan fingerprint density at radius 1 is 0.483 bits per heavy atom. The van der Waals surface area contributed by atoms with Crippen molar-refractivity contribution in [3.63, 3.8) is 0 Å². The molecule has 1 heteroatoms. The molecule has 1 aliphatic rings. The summed E-state index contributed by atoms with van der Waals surface area (Å²) in [6.07, 6.45) is 13.9. The standard InChI is InChI=1S/C59H53N/c1-43-8-16-51(17-9-43)42-59(55-29-10-44(2)11-30-55)54-7-5-6-47(26-35-54)18-19-48-22-31-52(32-23-48)53-33-24-49(25-34-53)20-21-50-27-40-58(41-28-50)60(56-36-12-45(3)13-37-56)57-38-14-46(4)15-39-57/h6,8-19,22-41,54,59H,20-21,42H2,1-4H3. The van der Waals surface area contributed by atoms with Gasteiger partial charge in [-0.25, -0.2) is 0 Å². The van der Waals surface area contributed by atoms with Gasteiger partial charge < -0.3 is 4.90 Å². The average Bonchev–Trinajstić information content (AvgIpc) is 3.53. The number of nitrogens with zero attached hydrogens (tertiary/aromatic N) is 1. The number of aryl methyl sites for hydroxylation is 6. The number of allylic oxidation sites excluding steroid dienone is 5. The first-order valence-electron chi connectivity index (χ1n) is 21.2. The molecule has 0 bridgehead atoms. The molecular formula is C59H53N. The summed E-state index contributed by atoms with van der Waals surface area (Å²) in [4.78, 5) is 2.33. The second-order valence-corrected chi connectivity index (χ2v) is 16.4. The van der Waals surface area contributed by atoms with Crippen LogP contribution in [0.2, 0.25) is 0 Å². The van der Waals surface area contributed by atoms with E-state index in [0.717, 1.165) is 41.9 Å². The summed E-state index contributed by atoms with van der Waals surface area (Å²) < 4.78 is 0. The Bertz CT molecular complexity index is 2600. The molecule has 60 heavy (non-hydrogen) atoms. The van der Waals surface area contributed by atoms with Gasteiger partial charge in [0, 0.05) is 28.9 Å². The van der Waals surface area contributed by atoms with Gasteiger partial charge in [-0.05, 0) is 134 Å². The molecule has 2 atom stereocenters. The number of anilines is 3. The summed E-state index contributed by atoms with van der Waals surface area (Å²) in [5.41, 5.74) is 18.7. The van der Waals surface area contributed by atoms with Crippen molar-refractivity contribution in [1.82, 2.24) is 0 Å². The molecule has 0 radical (unpaired) electrons. The third-order valence-electron chi connectivity index (χ3n) is 11.6. The maximum atomic E-state index is 3.57. The monoisotopic (exact) mass is 775 g/mol. The fourth-order valence-electron chi connectivity index (χ4n) is 7.89. The molecule has 0 saturated heterocycles. The maximum absolute atomic E-state index is 3.57. The van der Waals surface area contributed by atoms with Crippen molar-refractivity contribution in [2.75, 3.05) is 4.90 Å². The van der Waals surface area contributed by atoms with E-state index in [1.54, 1.807) is 0 Å². The van der Waals surface area contributed by atoms with Gasteiger partial charge in [0.15, 0.2) is 0 Å². The first-order valence-corrected chi connectivity index (χ1v) is 21.2. The molecule has 294 valence electrons. The van der Waals surface area contributed by atoms with Crippen LogP contribution in [0, 0.1) is 45.5 Å². The third kappa shape index (κ3) is 10.2. The van der Waals surface area contributed by atoms with E-state index >= 15 is 0 Å². The lowest BCUT2D eigenvalue weighted by atomic mass is 9.81. The van der Waals surface area contributed by atoms with Gasteiger partial charge in [0.1, 0.15) is 0 Å². The second-order valence-electron chi connectivity index (χ2n) is 16.4. The Labute approximate surface area is 358 Å². The van der Waals surface area contributed by atoms with Gasteiger partial charge in [0.25, 0.3) is 0 Å². The number of hydrogen-bond acceptors (Lipinski definition) is 1. The van der Waals surface area contributed by atoms with Crippen molar-refractivity contribution in [2.45, 2.75) is 52.9 Å². The molecule has 0 amide bonds. The van der Waals surface area contributed by atoms with Crippen LogP contribution in [-0.2, 0) is 19.3 Å². The number of benzene rings is 7. The first-order chi connectivity index (χ1) is 29.3. The fourth-order valence-corrected chi connectivity index (χ4v) is 7.89. The van der Waals surface area contributed by atoms with Gasteiger partial charge in [0.2, 0.25) is 0 Å². The van der Waals surface area contributed by atoms with Gasteiger partial charge in [0.05, 0.1) is 0 Å². The molecule has 1 aliphatic carbocycles. The highest BCUT2D eigenvalue weighted by Crippen LogP contribution is 2.35. The van der Waals surface area contributed by atoms with E-state index < -0.39 is 0 Å². The highest BCUT2D eigenvalue weighted by atomic mass is 15.1. The van der Waals surface area contributed by atoms with Crippen molar-refractivity contribution in [2.24, 2.45) is 5.92 Å². The summed E-state index contributed by atoms with van der Waals surface area (Å²) in [6.45, 7) is 8.56. The molecule has 1 nitrogen and oxygen atoms in total. The van der Waals surface area contributed by atoms with E-state index in [2.05, 4.69) is 239 Å². The van der Waals surface area contributed by atoms with Gasteiger partial charge >= 0.3 is 0 Å². The van der Waals surface area contributed by atoms with E-state index in [1.165, 1.54) is 61.2 Å². The molecule has 7 aromatic rings. The quantitative estimate of drug-likeness (QED) is 0.105. The van der Waals surface area contributed by atoms with Gasteiger partial charge in [-0.15, -0.1) is 0 Å². The maximum Gasteiger partial charge on any atom is 0.0461 e. The number of rotatable bonds is 13. The summed E-state index contributed by atoms with van der Waals surface area (Å²) in [7, 11) is 0. The zero-order valence-corrected chi connectivity index (χ0v) is 35.3. The lowest BCUT2D eigenvalue weighted by Crippen LogP contribution is -2.13. The molecule has 0 aliphatic heterocycles. The normalized spacial score (nSPS) is 13.9. The molecule has 0 N–H and O–H groups in total. The summed E-state index contributed by atoms with van der Waals surface area (Å²) in [5.74, 6) is 7.36. The molecular weight excluding hydrogens is 723 g/mol. The van der Waals surface area contributed by atoms with Crippen LogP contribution in [-0.4, -0.2) is 0 Å². The van der Waals surface area contributed by atoms with Crippen LogP contribution >= 0.6 is 0 Å². The number of hydrogen-bond donors (Lipinski definition) is 0. The van der Waals surface area contributed by atoms with Crippen molar-refractivity contribution in [1.29, 1.82) is 0 Å². The van der Waals surface area contributed by atoms with E-state index in [1.807, 2.05) is 6.08 Å². The van der Waals surface area contributed by atoms with Crippen LogP contribution in [0.25, 0.3) is 17.2 Å². The molecule has 2 unspecified atom stereocenters. The molecule has 0 heterocycles. The predicted octanol–water partition coefficient (Wildman–Crippen LogP) is 15.0. The Balaban J connectivity index is 0.873. The van der Waals surface area contributed by atoms with Crippen LogP contribution < -0.4 is 4.90 Å². The Morgan fingerprint density at radius 3 is 1.45 bits per heavy atom. The topological polar surface area (TPSA) is 3.24 Å². The smallest absolute Gasteiger partial charge is 0.0461 e. The highest BCUT2D eigenvalue weighted by Gasteiger charge is 2.21. The van der Waals surface area contributed by atoms with Crippen molar-refractivity contribution < 1.29 is 0 Å². The van der Waals surface area contributed by atoms with Crippen molar-refractivity contribution in [3.8, 4) is 23.0 Å². The Morgan fingerprint density at radius 2 is 0.917 bits per heavy atom. The zero-order valence-electron chi connectivity index (χ0n) is 35.3. The van der Waals surface area contributed by atoms with Crippen LogP contribution in [0.4, 0.5) is 17.1 Å². The van der Waals surface area contributed by atoms with Crippen LogP contribution in [0.15, 0.2) is 200 Å². The molecule has 0 spiro atoms. The molecule has 0 saturated carbocycles. The highest BCUT2D eigenvalue weighted by molar-refractivity contribution is 5.76. The van der Waals surface area contributed by atoms with E-state index in [0.29, 0.717) is 0 Å². The molecule has 0 fully saturated rings. The predicted molar refractivity (Wildman–Crippen MR) is 256 cm³/mol. The second kappa shape index (κ2) is 18.8. The Kier molecular flexibility index (Phi) is 12.5. The van der Waals surface area contributed by atoms with Crippen molar-refractivity contribution >= 4 is 23.1 Å². The lowest BCUT2D eigenvalue weighted by molar-refractivity contribution is 0.604. The Hall–Kier alpha value is -6.88. The summed E-state index contributed by atoms with van der Waals surface area (Å²) in [6, 6.07) is 62.4. The van der Waals surface area contributed by atoms with Gasteiger partial charge in [-0.2, -0.15) is 0 Å². The lowest BCUT2D eigenvalue weighted by Gasteiger charge is -2.26. The largest absolute Gasteiger partial charge is 0.311 e. The average molecular weight is 776 g/mol. The minimum Gasteiger partial charge on any atom is -0.311 e. The van der Waals surface area contributed by atoms with Crippen LogP contribution in [0.1, 0.15) is 56.0 Å². The van der Waals surface area contributed by atoms with Gasteiger partial charge in [-0.1, -0.05) is 192 Å². The van der Waals surface area contributed by atoms with E-state index in [-0.39, 0.29) is 11.8 Å². The van der Waals surface area contributed by atoms with Gasteiger partial charge in [-0.3, -0.25) is 0 Å². The first kappa shape index (κ1) is 39.9. The molecule has 0 aromatic heterocycles.